The molecular weight excluding hydrogens is 305 g/mol. The van der Waals surface area contributed by atoms with Gasteiger partial charge in [0, 0.05) is 26.6 Å². The fraction of sp³-hybridized carbons (Fsp3) is 0.400. The van der Waals surface area contributed by atoms with Crippen LogP contribution in [0.25, 0.3) is 0 Å². The molecular formula is C15H18FN3O4. The summed E-state index contributed by atoms with van der Waals surface area (Å²) in [7, 11) is 1.48. The summed E-state index contributed by atoms with van der Waals surface area (Å²) in [5.41, 5.74) is 0.188. The lowest BCUT2D eigenvalue weighted by Gasteiger charge is -2.21. The van der Waals surface area contributed by atoms with Gasteiger partial charge in [-0.15, -0.1) is 0 Å². The van der Waals surface area contributed by atoms with E-state index in [2.05, 4.69) is 5.32 Å². The Morgan fingerprint density at radius 3 is 2.78 bits per heavy atom. The molecule has 23 heavy (non-hydrogen) atoms. The first-order valence-corrected chi connectivity index (χ1v) is 7.17. The van der Waals surface area contributed by atoms with E-state index in [1.54, 1.807) is 6.07 Å². The van der Waals surface area contributed by atoms with Crippen LogP contribution in [0.5, 0.6) is 0 Å². The normalized spacial score (nSPS) is 17.2. The molecule has 7 nitrogen and oxygen atoms in total. The van der Waals surface area contributed by atoms with Gasteiger partial charge in [0.05, 0.1) is 18.2 Å². The zero-order valence-corrected chi connectivity index (χ0v) is 12.7. The van der Waals surface area contributed by atoms with Gasteiger partial charge < -0.3 is 20.2 Å². The van der Waals surface area contributed by atoms with Crippen molar-refractivity contribution in [1.29, 1.82) is 0 Å². The minimum atomic E-state index is -0.994. The zero-order chi connectivity index (χ0) is 17.0. The number of anilines is 1. The Kier molecular flexibility index (Phi) is 5.15. The molecule has 3 amide bonds. The predicted octanol–water partition coefficient (Wildman–Crippen LogP) is 1.05. The molecule has 2 N–H and O–H groups in total. The molecule has 124 valence electrons. The molecule has 1 atom stereocenters. The van der Waals surface area contributed by atoms with Crippen molar-refractivity contribution in [3.63, 3.8) is 0 Å². The van der Waals surface area contributed by atoms with Crippen LogP contribution >= 0.6 is 0 Å². The summed E-state index contributed by atoms with van der Waals surface area (Å²) in [6.45, 7) is 0.247. The number of urea groups is 1. The minimum absolute atomic E-state index is 0.0683. The van der Waals surface area contributed by atoms with Crippen molar-refractivity contribution in [3.8, 4) is 0 Å². The van der Waals surface area contributed by atoms with Gasteiger partial charge in [-0.05, 0) is 12.1 Å². The van der Waals surface area contributed by atoms with E-state index in [9.17, 15) is 18.8 Å². The van der Waals surface area contributed by atoms with E-state index in [1.165, 1.54) is 35.0 Å². The van der Waals surface area contributed by atoms with Crippen molar-refractivity contribution in [2.75, 3.05) is 25.0 Å². The van der Waals surface area contributed by atoms with Crippen LogP contribution in [0, 0.1) is 5.82 Å². The van der Waals surface area contributed by atoms with Gasteiger partial charge in [-0.1, -0.05) is 12.1 Å². The highest BCUT2D eigenvalue weighted by molar-refractivity contribution is 5.96. The van der Waals surface area contributed by atoms with Crippen molar-refractivity contribution in [3.05, 3.63) is 30.1 Å². The molecule has 0 aliphatic carbocycles. The number of rotatable bonds is 5. The van der Waals surface area contributed by atoms with Gasteiger partial charge in [0.2, 0.25) is 5.91 Å². The molecule has 8 heteroatoms. The first-order valence-electron chi connectivity index (χ1n) is 7.17. The van der Waals surface area contributed by atoms with E-state index in [4.69, 9.17) is 5.11 Å². The summed E-state index contributed by atoms with van der Waals surface area (Å²) < 4.78 is 13.8. The summed E-state index contributed by atoms with van der Waals surface area (Å²) in [5, 5.41) is 11.3. The molecule has 0 spiro atoms. The molecule has 1 aliphatic heterocycles. The highest BCUT2D eigenvalue weighted by Crippen LogP contribution is 2.24. The third-order valence-corrected chi connectivity index (χ3v) is 3.60. The number of carboxylic acids is 1. The summed E-state index contributed by atoms with van der Waals surface area (Å²) in [6.07, 6.45) is -0.0816. The largest absolute Gasteiger partial charge is 0.481 e. The molecule has 1 unspecified atom stereocenters. The van der Waals surface area contributed by atoms with Gasteiger partial charge in [0.1, 0.15) is 5.82 Å². The summed E-state index contributed by atoms with van der Waals surface area (Å²) in [4.78, 5) is 37.0. The average molecular weight is 323 g/mol. The maximum Gasteiger partial charge on any atom is 0.317 e. The van der Waals surface area contributed by atoms with Crippen LogP contribution in [0.3, 0.4) is 0 Å². The summed E-state index contributed by atoms with van der Waals surface area (Å²) >= 11 is 0. The van der Waals surface area contributed by atoms with Crippen molar-refractivity contribution in [2.24, 2.45) is 0 Å². The number of halogens is 1. The molecule has 0 bridgehead atoms. The lowest BCUT2D eigenvalue weighted by Crippen LogP contribution is -2.44. The number of nitrogens with one attached hydrogen (secondary N) is 1. The molecule has 0 aromatic heterocycles. The third-order valence-electron chi connectivity index (χ3n) is 3.60. The Labute approximate surface area is 132 Å². The van der Waals surface area contributed by atoms with Gasteiger partial charge in [0.15, 0.2) is 0 Å². The van der Waals surface area contributed by atoms with Crippen molar-refractivity contribution >= 4 is 23.6 Å². The first-order chi connectivity index (χ1) is 10.9. The number of carboxylic acid groups (broad SMARTS) is 1. The Balaban J connectivity index is 1.94. The number of hydrogen-bond acceptors (Lipinski definition) is 3. The topological polar surface area (TPSA) is 90.0 Å². The second kappa shape index (κ2) is 7.08. The molecule has 0 saturated carbocycles. The molecule has 1 aromatic carbocycles. The Morgan fingerprint density at radius 2 is 2.13 bits per heavy atom. The highest BCUT2D eigenvalue weighted by Gasteiger charge is 2.33. The van der Waals surface area contributed by atoms with Gasteiger partial charge >= 0.3 is 12.0 Å². The Hall–Kier alpha value is -2.64. The quantitative estimate of drug-likeness (QED) is 0.847. The van der Waals surface area contributed by atoms with Gasteiger partial charge in [0.25, 0.3) is 0 Å². The van der Waals surface area contributed by atoms with Crippen LogP contribution in [0.15, 0.2) is 24.3 Å². The molecule has 1 saturated heterocycles. The number of benzene rings is 1. The van der Waals surface area contributed by atoms with Gasteiger partial charge in [-0.3, -0.25) is 9.59 Å². The van der Waals surface area contributed by atoms with E-state index in [0.29, 0.717) is 0 Å². The maximum atomic E-state index is 13.8. The molecule has 1 fully saturated rings. The smallest absolute Gasteiger partial charge is 0.317 e. The molecule has 1 heterocycles. The fourth-order valence-electron chi connectivity index (χ4n) is 2.36. The van der Waals surface area contributed by atoms with E-state index < -0.39 is 23.9 Å². The highest BCUT2D eigenvalue weighted by atomic mass is 19.1. The second-order valence-electron chi connectivity index (χ2n) is 5.37. The monoisotopic (exact) mass is 323 g/mol. The number of carbonyl (C=O) groups excluding carboxylic acids is 2. The predicted molar refractivity (Wildman–Crippen MR) is 80.6 cm³/mol. The van der Waals surface area contributed by atoms with Crippen molar-refractivity contribution in [2.45, 2.75) is 18.9 Å². The van der Waals surface area contributed by atoms with Crippen LogP contribution in [0.4, 0.5) is 14.9 Å². The third kappa shape index (κ3) is 4.18. The zero-order valence-electron chi connectivity index (χ0n) is 12.7. The van der Waals surface area contributed by atoms with E-state index in [0.717, 1.165) is 0 Å². The minimum Gasteiger partial charge on any atom is -0.481 e. The van der Waals surface area contributed by atoms with Gasteiger partial charge in [-0.25, -0.2) is 9.18 Å². The Bertz CT molecular complexity index is 622. The van der Waals surface area contributed by atoms with Crippen molar-refractivity contribution in [1.82, 2.24) is 10.2 Å². The van der Waals surface area contributed by atoms with E-state index in [1.807, 2.05) is 0 Å². The number of nitrogens with zero attached hydrogens (tertiary/aromatic N) is 2. The number of carbonyl (C=O) groups is 3. The van der Waals surface area contributed by atoms with Crippen LogP contribution in [0.2, 0.25) is 0 Å². The standard InChI is InChI=1S/C15H18FN3O4/c1-18(7-6-14(21)22)15(23)17-10-8-13(20)19(9-10)12-5-3-2-4-11(12)16/h2-5,10H,6-9H2,1H3,(H,17,23)(H,21,22). The summed E-state index contributed by atoms with van der Waals surface area (Å²) in [6, 6.07) is 5.05. The Morgan fingerprint density at radius 1 is 1.43 bits per heavy atom. The number of amides is 3. The number of aliphatic carboxylic acids is 1. The second-order valence-corrected chi connectivity index (χ2v) is 5.37. The lowest BCUT2D eigenvalue weighted by molar-refractivity contribution is -0.137. The van der Waals surface area contributed by atoms with E-state index >= 15 is 0 Å². The summed E-state index contributed by atoms with van der Waals surface area (Å²) in [5.74, 6) is -1.76. The van der Waals surface area contributed by atoms with E-state index in [-0.39, 0.29) is 37.5 Å². The number of para-hydroxylation sites is 1. The average Bonchev–Trinajstić information content (AvgIpc) is 2.85. The molecule has 1 aromatic rings. The van der Waals surface area contributed by atoms with Crippen LogP contribution < -0.4 is 10.2 Å². The lowest BCUT2D eigenvalue weighted by atomic mass is 10.2. The maximum absolute atomic E-state index is 13.8. The molecule has 1 aliphatic rings. The van der Waals surface area contributed by atoms with Crippen LogP contribution in [0.1, 0.15) is 12.8 Å². The fourth-order valence-corrected chi connectivity index (χ4v) is 2.36. The molecule has 0 radical (unpaired) electrons. The van der Waals surface area contributed by atoms with Crippen molar-refractivity contribution < 1.29 is 23.9 Å². The number of hydrogen-bond donors (Lipinski definition) is 2. The first kappa shape index (κ1) is 16.7. The van der Waals surface area contributed by atoms with Crippen LogP contribution in [-0.2, 0) is 9.59 Å². The SMILES string of the molecule is CN(CCC(=O)O)C(=O)NC1CC(=O)N(c2ccccc2F)C1. The molecule has 2 rings (SSSR count). The van der Waals surface area contributed by atoms with Crippen LogP contribution in [-0.4, -0.2) is 54.1 Å². The van der Waals surface area contributed by atoms with Gasteiger partial charge in [-0.2, -0.15) is 0 Å².